The van der Waals surface area contributed by atoms with E-state index in [2.05, 4.69) is 27.7 Å². The molecule has 1 heterocycles. The Bertz CT molecular complexity index is 286. The third-order valence-electron chi connectivity index (χ3n) is 3.91. The summed E-state index contributed by atoms with van der Waals surface area (Å²) in [7, 11) is 0. The van der Waals surface area contributed by atoms with Crippen molar-refractivity contribution in [3.8, 4) is 0 Å². The quantitative estimate of drug-likeness (QED) is 0.748. The van der Waals surface area contributed by atoms with E-state index in [0.717, 1.165) is 38.8 Å². The topological polar surface area (TPSA) is 55.6 Å². The maximum absolute atomic E-state index is 12.6. The molecule has 1 fully saturated rings. The number of ether oxygens (including phenoxy) is 1. The van der Waals surface area contributed by atoms with Crippen molar-refractivity contribution in [1.29, 1.82) is 0 Å². The summed E-state index contributed by atoms with van der Waals surface area (Å²) in [6, 6.07) is 0. The Labute approximate surface area is 136 Å². The van der Waals surface area contributed by atoms with Gasteiger partial charge in [0.2, 0.25) is 0 Å². The number of nitrogens with two attached hydrogens (primary N) is 1. The fraction of sp³-hybridized carbons (Fsp3) is 0.938. The first-order valence-corrected chi connectivity index (χ1v) is 8.08. The van der Waals surface area contributed by atoms with Gasteiger partial charge in [-0.1, -0.05) is 27.7 Å². The zero-order chi connectivity index (χ0) is 15.1. The monoisotopic (exact) mass is 320 g/mol. The number of nitrogens with zero attached hydrogens (tertiary/aromatic N) is 1. The maximum atomic E-state index is 12.6. The van der Waals surface area contributed by atoms with Gasteiger partial charge in [0, 0.05) is 19.6 Å². The minimum atomic E-state index is -0.261. The number of hydrogen-bond donors (Lipinski definition) is 1. The lowest BCUT2D eigenvalue weighted by atomic mass is 10.1. The molecule has 1 rings (SSSR count). The van der Waals surface area contributed by atoms with Gasteiger partial charge in [0.15, 0.2) is 0 Å². The highest BCUT2D eigenvalue weighted by Gasteiger charge is 2.32. The molecule has 0 spiro atoms. The molecule has 0 unspecified atom stereocenters. The van der Waals surface area contributed by atoms with Gasteiger partial charge in [-0.05, 0) is 37.5 Å². The van der Waals surface area contributed by atoms with Crippen molar-refractivity contribution < 1.29 is 9.53 Å². The summed E-state index contributed by atoms with van der Waals surface area (Å²) in [6.07, 6.45) is 3.65. The Kier molecular flexibility index (Phi) is 10.3. The van der Waals surface area contributed by atoms with Gasteiger partial charge in [-0.25, -0.2) is 0 Å². The molecule has 2 atom stereocenters. The summed E-state index contributed by atoms with van der Waals surface area (Å²) in [5.41, 5.74) is 5.62. The molecule has 1 saturated heterocycles. The van der Waals surface area contributed by atoms with Crippen molar-refractivity contribution >= 4 is 18.3 Å². The summed E-state index contributed by atoms with van der Waals surface area (Å²) in [4.78, 5) is 14.6. The average molecular weight is 321 g/mol. The molecule has 1 aliphatic heterocycles. The molecule has 0 saturated carbocycles. The number of halogens is 1. The van der Waals surface area contributed by atoms with Crippen LogP contribution in [0.5, 0.6) is 0 Å². The Balaban J connectivity index is 0.00000400. The lowest BCUT2D eigenvalue weighted by molar-refractivity contribution is -0.143. The molecule has 0 aromatic carbocycles. The number of carbonyl (C=O) groups excluding carboxylic acids is 1. The smallest absolute Gasteiger partial charge is 0.251 e. The van der Waals surface area contributed by atoms with Gasteiger partial charge in [0.05, 0.1) is 6.10 Å². The zero-order valence-corrected chi connectivity index (χ0v) is 14.8. The van der Waals surface area contributed by atoms with E-state index in [4.69, 9.17) is 10.5 Å². The van der Waals surface area contributed by atoms with Crippen molar-refractivity contribution in [2.75, 3.05) is 19.6 Å². The highest BCUT2D eigenvalue weighted by Crippen LogP contribution is 2.21. The highest BCUT2D eigenvalue weighted by atomic mass is 35.5. The molecular formula is C16H33ClN2O2. The van der Waals surface area contributed by atoms with Gasteiger partial charge >= 0.3 is 0 Å². The van der Waals surface area contributed by atoms with Crippen molar-refractivity contribution in [2.45, 2.75) is 65.6 Å². The Morgan fingerprint density at radius 3 is 2.05 bits per heavy atom. The van der Waals surface area contributed by atoms with Gasteiger partial charge in [0.25, 0.3) is 5.91 Å². The van der Waals surface area contributed by atoms with Crippen LogP contribution in [0, 0.1) is 11.8 Å². The first kappa shape index (κ1) is 20.7. The van der Waals surface area contributed by atoms with E-state index >= 15 is 0 Å². The third-order valence-corrected chi connectivity index (χ3v) is 3.91. The minimum Gasteiger partial charge on any atom is -0.364 e. The molecule has 0 aromatic heterocycles. The molecule has 4 nitrogen and oxygen atoms in total. The standard InChI is InChI=1S/C16H32N2O2.ClH/c1-12(2)7-9-18(10-8-13(3)4)16(19)15-6-5-14(11-17)20-15;/h12-15H,5-11,17H2,1-4H3;1H/t14-,15+;/m1./s1. The first-order chi connectivity index (χ1) is 9.43. The van der Waals surface area contributed by atoms with Crippen molar-refractivity contribution in [3.63, 3.8) is 0 Å². The summed E-state index contributed by atoms with van der Waals surface area (Å²) < 4.78 is 5.75. The zero-order valence-electron chi connectivity index (χ0n) is 14.0. The summed E-state index contributed by atoms with van der Waals surface area (Å²) >= 11 is 0. The molecule has 0 aromatic rings. The van der Waals surface area contributed by atoms with E-state index in [1.54, 1.807) is 0 Å². The van der Waals surface area contributed by atoms with Crippen molar-refractivity contribution in [2.24, 2.45) is 17.6 Å². The second-order valence-corrected chi connectivity index (χ2v) is 6.75. The van der Waals surface area contributed by atoms with Gasteiger partial charge < -0.3 is 15.4 Å². The molecule has 2 N–H and O–H groups in total. The molecule has 126 valence electrons. The predicted octanol–water partition coefficient (Wildman–Crippen LogP) is 2.84. The largest absolute Gasteiger partial charge is 0.364 e. The number of carbonyl (C=O) groups is 1. The highest BCUT2D eigenvalue weighted by molar-refractivity contribution is 5.85. The van der Waals surface area contributed by atoms with E-state index in [9.17, 15) is 4.79 Å². The first-order valence-electron chi connectivity index (χ1n) is 8.08. The lowest BCUT2D eigenvalue weighted by Gasteiger charge is -2.27. The second kappa shape index (κ2) is 10.4. The molecular weight excluding hydrogens is 288 g/mol. The fourth-order valence-electron chi connectivity index (χ4n) is 2.42. The number of amides is 1. The number of hydrogen-bond acceptors (Lipinski definition) is 3. The summed E-state index contributed by atoms with van der Waals surface area (Å²) in [6.45, 7) is 11.0. The van der Waals surface area contributed by atoms with E-state index in [1.165, 1.54) is 0 Å². The van der Waals surface area contributed by atoms with Crippen LogP contribution in [0.4, 0.5) is 0 Å². The Morgan fingerprint density at radius 2 is 1.67 bits per heavy atom. The van der Waals surface area contributed by atoms with Gasteiger partial charge in [0.1, 0.15) is 6.10 Å². The molecule has 1 amide bonds. The fourth-order valence-corrected chi connectivity index (χ4v) is 2.42. The van der Waals surface area contributed by atoms with Gasteiger partial charge in [-0.15, -0.1) is 12.4 Å². The second-order valence-electron chi connectivity index (χ2n) is 6.75. The molecule has 0 aliphatic carbocycles. The minimum absolute atomic E-state index is 0. The van der Waals surface area contributed by atoms with Crippen molar-refractivity contribution in [3.05, 3.63) is 0 Å². The predicted molar refractivity (Wildman–Crippen MR) is 89.7 cm³/mol. The van der Waals surface area contributed by atoms with E-state index in [1.807, 2.05) is 4.90 Å². The third kappa shape index (κ3) is 7.48. The molecule has 0 bridgehead atoms. The summed E-state index contributed by atoms with van der Waals surface area (Å²) in [5, 5.41) is 0. The van der Waals surface area contributed by atoms with Gasteiger partial charge in [-0.2, -0.15) is 0 Å². The van der Waals surface area contributed by atoms with Crippen LogP contribution in [-0.4, -0.2) is 42.6 Å². The van der Waals surface area contributed by atoms with Crippen LogP contribution >= 0.6 is 12.4 Å². The van der Waals surface area contributed by atoms with E-state index < -0.39 is 0 Å². The molecule has 0 radical (unpaired) electrons. The van der Waals surface area contributed by atoms with Crippen LogP contribution in [0.1, 0.15) is 53.4 Å². The average Bonchev–Trinajstić information content (AvgIpc) is 2.86. The maximum Gasteiger partial charge on any atom is 0.251 e. The SMILES string of the molecule is CC(C)CCN(CCC(C)C)C(=O)[C@@H]1CC[C@H](CN)O1.Cl. The van der Waals surface area contributed by atoms with E-state index in [-0.39, 0.29) is 30.5 Å². The van der Waals surface area contributed by atoms with Crippen LogP contribution in [0.15, 0.2) is 0 Å². The Hall–Kier alpha value is -0.320. The number of rotatable bonds is 8. The molecule has 1 aliphatic rings. The normalized spacial score (nSPS) is 21.7. The molecule has 21 heavy (non-hydrogen) atoms. The van der Waals surface area contributed by atoms with E-state index in [0.29, 0.717) is 18.4 Å². The van der Waals surface area contributed by atoms with Crippen LogP contribution in [0.25, 0.3) is 0 Å². The van der Waals surface area contributed by atoms with Crippen LogP contribution in [0.3, 0.4) is 0 Å². The Morgan fingerprint density at radius 1 is 1.14 bits per heavy atom. The lowest BCUT2D eigenvalue weighted by Crippen LogP contribution is -2.41. The molecule has 5 heteroatoms. The van der Waals surface area contributed by atoms with Crippen LogP contribution in [-0.2, 0) is 9.53 Å². The summed E-state index contributed by atoms with van der Waals surface area (Å²) in [5.74, 6) is 1.40. The van der Waals surface area contributed by atoms with Crippen molar-refractivity contribution in [1.82, 2.24) is 4.90 Å². The van der Waals surface area contributed by atoms with Crippen LogP contribution < -0.4 is 5.73 Å². The van der Waals surface area contributed by atoms with Crippen LogP contribution in [0.2, 0.25) is 0 Å². The van der Waals surface area contributed by atoms with Gasteiger partial charge in [-0.3, -0.25) is 4.79 Å².